The molecule has 0 radical (unpaired) electrons. The molecule has 2 fully saturated rings. The van der Waals surface area contributed by atoms with Gasteiger partial charge in [-0.2, -0.15) is 0 Å². The Labute approximate surface area is 197 Å². The number of phenolic OH excluding ortho intramolecular Hbond substituents is 1. The Bertz CT molecular complexity index is 1280. The first kappa shape index (κ1) is 22.6. The van der Waals surface area contributed by atoms with Crippen molar-refractivity contribution in [3.63, 3.8) is 0 Å². The molecule has 0 spiro atoms. The zero-order chi connectivity index (χ0) is 24.7. The van der Waals surface area contributed by atoms with Crippen LogP contribution in [0.15, 0.2) is 29.6 Å². The van der Waals surface area contributed by atoms with Crippen molar-refractivity contribution in [2.45, 2.75) is 31.0 Å². The molecule has 0 saturated heterocycles. The number of benzene rings is 1. The fourth-order valence-electron chi connectivity index (χ4n) is 6.08. The van der Waals surface area contributed by atoms with Crippen molar-refractivity contribution >= 4 is 40.4 Å². The van der Waals surface area contributed by atoms with Gasteiger partial charge in [-0.3, -0.25) is 24.0 Å². The molecule has 34 heavy (non-hydrogen) atoms. The molecule has 0 aliphatic heterocycles. The lowest BCUT2D eigenvalue weighted by Gasteiger charge is -2.53. The SMILES string of the molecule is C[C@H]1c2c(-c3cccs3)ccc(O)c2C(=O)C2C(=O)[C@]3(O)C(=O)C(C(N)=O)C(=O)C[C@@H]3[C@@H](O)[C@@H]21. The van der Waals surface area contributed by atoms with E-state index in [2.05, 4.69) is 0 Å². The summed E-state index contributed by atoms with van der Waals surface area (Å²) in [5, 5.41) is 35.0. The number of primary amides is 1. The van der Waals surface area contributed by atoms with Crippen LogP contribution in [0.5, 0.6) is 5.75 Å². The number of nitrogens with two attached hydrogens (primary N) is 1. The minimum atomic E-state index is -2.91. The fourth-order valence-corrected chi connectivity index (χ4v) is 6.85. The molecule has 1 amide bonds. The zero-order valence-corrected chi connectivity index (χ0v) is 18.7. The topological polar surface area (TPSA) is 172 Å². The van der Waals surface area contributed by atoms with Crippen molar-refractivity contribution in [2.24, 2.45) is 29.4 Å². The van der Waals surface area contributed by atoms with Gasteiger partial charge in [0.25, 0.3) is 0 Å². The summed E-state index contributed by atoms with van der Waals surface area (Å²) < 4.78 is 0. The number of rotatable bonds is 2. The van der Waals surface area contributed by atoms with Crippen LogP contribution in [0.1, 0.15) is 35.2 Å². The van der Waals surface area contributed by atoms with E-state index in [0.29, 0.717) is 11.1 Å². The molecular weight excluding hydrogens is 462 g/mol. The summed E-state index contributed by atoms with van der Waals surface area (Å²) >= 11 is 1.41. The smallest absolute Gasteiger partial charge is 0.235 e. The van der Waals surface area contributed by atoms with Crippen LogP contribution in [-0.4, -0.2) is 56.1 Å². The van der Waals surface area contributed by atoms with Crippen LogP contribution >= 0.6 is 11.3 Å². The van der Waals surface area contributed by atoms with Gasteiger partial charge in [-0.05, 0) is 40.6 Å². The van der Waals surface area contributed by atoms with Gasteiger partial charge in [-0.1, -0.05) is 13.0 Å². The minimum absolute atomic E-state index is 0.104. The lowest BCUT2D eigenvalue weighted by molar-refractivity contribution is -0.189. The van der Waals surface area contributed by atoms with E-state index < -0.39 is 76.8 Å². The van der Waals surface area contributed by atoms with Crippen LogP contribution in [-0.2, 0) is 19.2 Å². The first-order valence-electron chi connectivity index (χ1n) is 10.8. The average molecular weight is 483 g/mol. The van der Waals surface area contributed by atoms with Crippen LogP contribution < -0.4 is 5.73 Å². The Balaban J connectivity index is 1.71. The third-order valence-corrected chi connectivity index (χ3v) is 8.53. The van der Waals surface area contributed by atoms with Crippen LogP contribution in [0.25, 0.3) is 10.4 Å². The fraction of sp³-hybridized carbons (Fsp3) is 0.375. The largest absolute Gasteiger partial charge is 0.507 e. The highest BCUT2D eigenvalue weighted by Crippen LogP contribution is 2.55. The average Bonchev–Trinajstić information content (AvgIpc) is 3.31. The molecule has 5 N–H and O–H groups in total. The van der Waals surface area contributed by atoms with Crippen molar-refractivity contribution < 1.29 is 39.3 Å². The number of phenols is 1. The summed E-state index contributed by atoms with van der Waals surface area (Å²) in [5.74, 6) is -12.9. The molecule has 1 aromatic heterocycles. The molecule has 9 nitrogen and oxygen atoms in total. The second-order valence-corrected chi connectivity index (χ2v) is 10.2. The normalized spacial score (nSPS) is 34.9. The Hall–Kier alpha value is -3.21. The van der Waals surface area contributed by atoms with Gasteiger partial charge in [0.15, 0.2) is 34.7 Å². The first-order chi connectivity index (χ1) is 16.0. The summed E-state index contributed by atoms with van der Waals surface area (Å²) in [4.78, 5) is 65.3. The Morgan fingerprint density at radius 1 is 1.15 bits per heavy atom. The van der Waals surface area contributed by atoms with E-state index in [4.69, 9.17) is 5.73 Å². The lowest BCUT2D eigenvalue weighted by Crippen LogP contribution is -2.72. The van der Waals surface area contributed by atoms with Gasteiger partial charge >= 0.3 is 0 Å². The van der Waals surface area contributed by atoms with Crippen LogP contribution in [0.3, 0.4) is 0 Å². The molecule has 3 aliphatic carbocycles. The number of hydrogen-bond donors (Lipinski definition) is 4. The molecular formula is C24H21NO8S. The number of aliphatic hydroxyl groups excluding tert-OH is 1. The molecule has 2 saturated carbocycles. The number of carbonyl (C=O) groups excluding carboxylic acids is 5. The number of aromatic hydroxyl groups is 1. The minimum Gasteiger partial charge on any atom is -0.507 e. The number of carbonyl (C=O) groups is 5. The highest BCUT2D eigenvalue weighted by Gasteiger charge is 2.70. The Kier molecular flexibility index (Phi) is 4.91. The Morgan fingerprint density at radius 2 is 1.85 bits per heavy atom. The van der Waals surface area contributed by atoms with E-state index in [1.807, 2.05) is 17.5 Å². The number of thiophene rings is 1. The number of hydrogen-bond acceptors (Lipinski definition) is 9. The molecule has 3 aliphatic rings. The molecule has 5 rings (SSSR count). The number of aliphatic hydroxyl groups is 2. The van der Waals surface area contributed by atoms with Crippen molar-refractivity contribution in [1.29, 1.82) is 0 Å². The van der Waals surface area contributed by atoms with Gasteiger partial charge < -0.3 is 21.1 Å². The Morgan fingerprint density at radius 3 is 2.47 bits per heavy atom. The van der Waals surface area contributed by atoms with Crippen molar-refractivity contribution in [3.05, 3.63) is 40.8 Å². The number of ketones is 4. The number of Topliss-reactive ketones (excluding diaryl/α,β-unsaturated/α-hetero) is 4. The lowest BCUT2D eigenvalue weighted by atomic mass is 9.50. The summed E-state index contributed by atoms with van der Waals surface area (Å²) in [6.07, 6.45) is -2.20. The van der Waals surface area contributed by atoms with E-state index in [-0.39, 0.29) is 11.3 Å². The number of fused-ring (bicyclic) bond motifs is 3. The van der Waals surface area contributed by atoms with Crippen LogP contribution in [0.2, 0.25) is 0 Å². The second-order valence-electron chi connectivity index (χ2n) is 9.20. The van der Waals surface area contributed by atoms with Gasteiger partial charge in [0.2, 0.25) is 5.91 Å². The zero-order valence-electron chi connectivity index (χ0n) is 17.9. The predicted molar refractivity (Wildman–Crippen MR) is 118 cm³/mol. The standard InChI is InChI=1S/C24H21NO8S/c1-8-14-9(13-3-2-6-34-13)4-5-11(26)16(14)20(29)18-15(8)19(28)10-7-12(27)17(23(25)32)21(30)24(10,33)22(18)31/h2-6,8,10,15,17-19,26,28,33H,7H2,1H3,(H2,25,32)/t8-,10+,15+,17?,18?,19+,24+/m0/s1. The van der Waals surface area contributed by atoms with Gasteiger partial charge in [0.05, 0.1) is 17.6 Å². The summed E-state index contributed by atoms with van der Waals surface area (Å²) in [7, 11) is 0. The van der Waals surface area contributed by atoms with Crippen molar-refractivity contribution in [1.82, 2.24) is 0 Å². The molecule has 1 aromatic carbocycles. The maximum atomic E-state index is 13.6. The van der Waals surface area contributed by atoms with E-state index in [1.54, 1.807) is 13.0 Å². The molecule has 7 atom stereocenters. The van der Waals surface area contributed by atoms with Crippen molar-refractivity contribution in [3.8, 4) is 16.2 Å². The molecule has 2 aromatic rings. The predicted octanol–water partition coefficient (Wildman–Crippen LogP) is 0.587. The van der Waals surface area contributed by atoms with Gasteiger partial charge in [0, 0.05) is 23.1 Å². The molecule has 10 heteroatoms. The third-order valence-electron chi connectivity index (χ3n) is 7.62. The summed E-state index contributed by atoms with van der Waals surface area (Å²) in [6.45, 7) is 1.69. The monoisotopic (exact) mass is 483 g/mol. The van der Waals surface area contributed by atoms with Gasteiger partial charge in [-0.25, -0.2) is 0 Å². The summed E-state index contributed by atoms with van der Waals surface area (Å²) in [6, 6.07) is 6.66. The number of amides is 1. The third kappa shape index (κ3) is 2.70. The highest BCUT2D eigenvalue weighted by molar-refractivity contribution is 7.13. The molecule has 0 bridgehead atoms. The van der Waals surface area contributed by atoms with E-state index in [0.717, 1.165) is 4.88 Å². The molecule has 1 heterocycles. The quantitative estimate of drug-likeness (QED) is 0.449. The highest BCUT2D eigenvalue weighted by atomic mass is 32.1. The first-order valence-corrected chi connectivity index (χ1v) is 11.6. The van der Waals surface area contributed by atoms with Crippen LogP contribution in [0.4, 0.5) is 0 Å². The molecule has 176 valence electrons. The maximum absolute atomic E-state index is 13.6. The van der Waals surface area contributed by atoms with E-state index in [1.165, 1.54) is 17.4 Å². The van der Waals surface area contributed by atoms with E-state index in [9.17, 15) is 39.3 Å². The molecule has 2 unspecified atom stereocenters. The van der Waals surface area contributed by atoms with Crippen molar-refractivity contribution in [2.75, 3.05) is 0 Å². The van der Waals surface area contributed by atoms with Gasteiger partial charge in [-0.15, -0.1) is 11.3 Å². The second kappa shape index (κ2) is 7.39. The summed E-state index contributed by atoms with van der Waals surface area (Å²) in [5.41, 5.74) is 3.27. The maximum Gasteiger partial charge on any atom is 0.235 e. The van der Waals surface area contributed by atoms with Crippen LogP contribution in [0, 0.1) is 23.7 Å². The van der Waals surface area contributed by atoms with Gasteiger partial charge in [0.1, 0.15) is 5.75 Å². The van der Waals surface area contributed by atoms with E-state index >= 15 is 0 Å².